The number of carbonyl (C=O) groups excluding carboxylic acids is 6. The van der Waals surface area contributed by atoms with E-state index in [1.165, 1.54) is 7.11 Å². The second-order valence-electron chi connectivity index (χ2n) is 16.6. The van der Waals surface area contributed by atoms with E-state index in [-0.39, 0.29) is 62.7 Å². The van der Waals surface area contributed by atoms with Crippen LogP contribution in [0.5, 0.6) is 0 Å². The van der Waals surface area contributed by atoms with Gasteiger partial charge in [-0.15, -0.1) is 0 Å². The number of rotatable bonds is 19. The van der Waals surface area contributed by atoms with Gasteiger partial charge in [-0.05, 0) is 53.0 Å². The Morgan fingerprint density at radius 1 is 0.667 bits per heavy atom. The number of amides is 6. The van der Waals surface area contributed by atoms with Gasteiger partial charge in [0.1, 0.15) is 24.2 Å². The van der Waals surface area contributed by atoms with Gasteiger partial charge in [-0.2, -0.15) is 0 Å². The summed E-state index contributed by atoms with van der Waals surface area (Å²) < 4.78 is 10.3. The number of benzene rings is 5. The fraction of sp³-hybridized carbons (Fsp3) is 0.283. The van der Waals surface area contributed by atoms with Crippen molar-refractivity contribution in [3.63, 3.8) is 0 Å². The highest BCUT2D eigenvalue weighted by molar-refractivity contribution is 6.04. The summed E-state index contributed by atoms with van der Waals surface area (Å²) in [7, 11) is 1.19. The van der Waals surface area contributed by atoms with Gasteiger partial charge in [0.15, 0.2) is 0 Å². The molecule has 66 heavy (non-hydrogen) atoms. The molecular weight excluding hydrogens is 835 g/mol. The summed E-state index contributed by atoms with van der Waals surface area (Å²) in [5.74, 6) is -2.11. The zero-order chi connectivity index (χ0) is 46.9. The standard InChI is InChI=1S/C53H57N5O8/c1-37(2)33-45(56-51(63)66-36-39-21-11-5-12-22-39)49(61)55-46(34-38-19-9-4-10-20-38)48(60)54-44(35-40-31-32-58(50(40)62)52(64)65-3)29-30-47(59)57-53(41-23-13-6-14-24-41,42-25-15-7-16-26-42)43-27-17-8-18-28-43/h4-28,35,37,44-46H,29-34,36H2,1-3H3,(H,54,60)(H,55,61)(H,56,63)(H,57,59)/b40-35+/t44-,45-,46-/m0/s1. The van der Waals surface area contributed by atoms with E-state index in [0.29, 0.717) is 0 Å². The van der Waals surface area contributed by atoms with Crippen LogP contribution in [-0.4, -0.2) is 72.5 Å². The molecular formula is C53H57N5O8. The van der Waals surface area contributed by atoms with Crippen molar-refractivity contribution in [3.8, 4) is 0 Å². The lowest BCUT2D eigenvalue weighted by atomic mass is 9.77. The summed E-state index contributed by atoms with van der Waals surface area (Å²) in [5.41, 5.74) is 3.18. The molecule has 5 aromatic carbocycles. The third kappa shape index (κ3) is 12.8. The highest BCUT2D eigenvalue weighted by Gasteiger charge is 2.38. The minimum absolute atomic E-state index is 0.00227. The summed E-state index contributed by atoms with van der Waals surface area (Å²) in [6.07, 6.45) is 0.453. The molecule has 4 N–H and O–H groups in total. The fourth-order valence-electron chi connectivity index (χ4n) is 8.06. The number of alkyl carbamates (subject to hydrolysis) is 1. The van der Waals surface area contributed by atoms with Crippen molar-refractivity contribution in [1.29, 1.82) is 0 Å². The molecule has 0 aromatic heterocycles. The number of nitrogens with zero attached hydrogens (tertiary/aromatic N) is 1. The predicted octanol–water partition coefficient (Wildman–Crippen LogP) is 7.35. The van der Waals surface area contributed by atoms with E-state index < -0.39 is 53.6 Å². The van der Waals surface area contributed by atoms with Gasteiger partial charge in [-0.3, -0.25) is 19.2 Å². The van der Waals surface area contributed by atoms with E-state index in [9.17, 15) is 28.8 Å². The van der Waals surface area contributed by atoms with Crippen LogP contribution in [0.2, 0.25) is 0 Å². The molecule has 3 atom stereocenters. The predicted molar refractivity (Wildman–Crippen MR) is 250 cm³/mol. The molecule has 0 spiro atoms. The molecule has 1 aliphatic rings. The van der Waals surface area contributed by atoms with Gasteiger partial charge in [0, 0.05) is 31.0 Å². The van der Waals surface area contributed by atoms with Crippen molar-refractivity contribution in [3.05, 3.63) is 191 Å². The smallest absolute Gasteiger partial charge is 0.416 e. The van der Waals surface area contributed by atoms with Crippen LogP contribution < -0.4 is 21.3 Å². The Morgan fingerprint density at radius 2 is 1.17 bits per heavy atom. The Kier molecular flexibility index (Phi) is 17.0. The molecule has 0 unspecified atom stereocenters. The minimum atomic E-state index is -1.15. The van der Waals surface area contributed by atoms with Gasteiger partial charge in [-0.25, -0.2) is 14.5 Å². The van der Waals surface area contributed by atoms with Crippen molar-refractivity contribution in [1.82, 2.24) is 26.2 Å². The van der Waals surface area contributed by atoms with E-state index in [1.54, 1.807) is 6.08 Å². The average Bonchev–Trinajstić information content (AvgIpc) is 3.71. The maximum atomic E-state index is 14.6. The van der Waals surface area contributed by atoms with Crippen molar-refractivity contribution in [2.24, 2.45) is 5.92 Å². The van der Waals surface area contributed by atoms with Crippen LogP contribution in [0.1, 0.15) is 67.3 Å². The lowest BCUT2D eigenvalue weighted by Gasteiger charge is -2.37. The first-order chi connectivity index (χ1) is 32.0. The first-order valence-corrected chi connectivity index (χ1v) is 22.2. The molecule has 0 saturated carbocycles. The largest absolute Gasteiger partial charge is 0.452 e. The van der Waals surface area contributed by atoms with Crippen LogP contribution in [0.4, 0.5) is 9.59 Å². The number of imide groups is 1. The number of carbonyl (C=O) groups is 6. The van der Waals surface area contributed by atoms with Crippen LogP contribution >= 0.6 is 0 Å². The summed E-state index contributed by atoms with van der Waals surface area (Å²) in [6, 6.07) is 44.2. The molecule has 5 aromatic rings. The van der Waals surface area contributed by atoms with Gasteiger partial charge in [-0.1, -0.05) is 172 Å². The Hall–Kier alpha value is -7.54. The Labute approximate surface area is 386 Å². The maximum Gasteiger partial charge on any atom is 0.416 e. The molecule has 1 heterocycles. The minimum Gasteiger partial charge on any atom is -0.452 e. The van der Waals surface area contributed by atoms with Crippen LogP contribution in [0, 0.1) is 5.92 Å². The van der Waals surface area contributed by atoms with Gasteiger partial charge in [0.25, 0.3) is 5.91 Å². The molecule has 13 nitrogen and oxygen atoms in total. The van der Waals surface area contributed by atoms with Crippen molar-refractivity contribution >= 4 is 35.8 Å². The van der Waals surface area contributed by atoms with Crippen LogP contribution in [0.3, 0.4) is 0 Å². The molecule has 1 fully saturated rings. The molecule has 342 valence electrons. The molecule has 0 radical (unpaired) electrons. The molecule has 0 bridgehead atoms. The lowest BCUT2D eigenvalue weighted by Crippen LogP contribution is -2.56. The van der Waals surface area contributed by atoms with E-state index in [4.69, 9.17) is 9.47 Å². The third-order valence-electron chi connectivity index (χ3n) is 11.3. The number of nitrogens with one attached hydrogen (secondary N) is 4. The van der Waals surface area contributed by atoms with Crippen molar-refractivity contribution < 1.29 is 38.2 Å². The second kappa shape index (κ2) is 23.4. The summed E-state index contributed by atoms with van der Waals surface area (Å²) >= 11 is 0. The zero-order valence-corrected chi connectivity index (χ0v) is 37.5. The Morgan fingerprint density at radius 3 is 1.68 bits per heavy atom. The quantitative estimate of drug-likeness (QED) is 0.0492. The third-order valence-corrected chi connectivity index (χ3v) is 11.3. The molecule has 6 amide bonds. The number of ether oxygens (including phenoxy) is 2. The maximum absolute atomic E-state index is 14.6. The number of methoxy groups -OCH3 is 1. The number of hydrogen-bond acceptors (Lipinski definition) is 8. The number of likely N-dealkylation sites (tertiary alicyclic amines) is 1. The highest BCUT2D eigenvalue weighted by Crippen LogP contribution is 2.37. The van der Waals surface area contributed by atoms with E-state index in [0.717, 1.165) is 32.7 Å². The van der Waals surface area contributed by atoms with Crippen LogP contribution in [-0.2, 0) is 47.2 Å². The van der Waals surface area contributed by atoms with Crippen molar-refractivity contribution in [2.75, 3.05) is 13.7 Å². The lowest BCUT2D eigenvalue weighted by molar-refractivity contribution is -0.130. The summed E-state index contributed by atoms with van der Waals surface area (Å²) in [4.78, 5) is 83.1. The van der Waals surface area contributed by atoms with E-state index in [2.05, 4.69) is 21.3 Å². The Balaban J connectivity index is 1.27. The average molecular weight is 892 g/mol. The molecule has 13 heteroatoms. The molecule has 1 aliphatic heterocycles. The van der Waals surface area contributed by atoms with Crippen LogP contribution in [0.15, 0.2) is 163 Å². The van der Waals surface area contributed by atoms with Crippen molar-refractivity contribution in [2.45, 2.75) is 76.2 Å². The SMILES string of the molecule is COC(=O)N1CC/C(=C\[C@H](CCC(=O)NC(c2ccccc2)(c2ccccc2)c2ccccc2)NC(=O)[C@H](Cc2ccccc2)NC(=O)[C@H](CC(C)C)NC(=O)OCc2ccccc2)C1=O. The van der Waals surface area contributed by atoms with E-state index >= 15 is 0 Å². The normalized spacial score (nSPS) is 14.5. The fourth-order valence-corrected chi connectivity index (χ4v) is 8.06. The molecule has 0 aliphatic carbocycles. The van der Waals surface area contributed by atoms with Gasteiger partial charge < -0.3 is 30.7 Å². The van der Waals surface area contributed by atoms with E-state index in [1.807, 2.05) is 166 Å². The van der Waals surface area contributed by atoms with Gasteiger partial charge in [0.2, 0.25) is 17.7 Å². The first kappa shape index (κ1) is 47.9. The monoisotopic (exact) mass is 891 g/mol. The molecule has 6 rings (SSSR count). The molecule has 1 saturated heterocycles. The summed E-state index contributed by atoms with van der Waals surface area (Å²) in [5, 5.41) is 11.9. The van der Waals surface area contributed by atoms with Gasteiger partial charge >= 0.3 is 12.2 Å². The number of hydrogen-bond donors (Lipinski definition) is 4. The van der Waals surface area contributed by atoms with Crippen LogP contribution in [0.25, 0.3) is 0 Å². The van der Waals surface area contributed by atoms with Gasteiger partial charge in [0.05, 0.1) is 7.11 Å². The first-order valence-electron chi connectivity index (χ1n) is 22.2. The zero-order valence-electron chi connectivity index (χ0n) is 37.5. The highest BCUT2D eigenvalue weighted by atomic mass is 16.6. The topological polar surface area (TPSA) is 172 Å². The second-order valence-corrected chi connectivity index (χ2v) is 16.6. The summed E-state index contributed by atoms with van der Waals surface area (Å²) in [6.45, 7) is 3.91. The Bertz CT molecular complexity index is 2340.